The predicted octanol–water partition coefficient (Wildman–Crippen LogP) is 4.46. The summed E-state index contributed by atoms with van der Waals surface area (Å²) in [4.78, 5) is 12.0. The molecule has 0 bridgehead atoms. The van der Waals surface area contributed by atoms with Crippen molar-refractivity contribution in [2.24, 2.45) is 5.10 Å². The van der Waals surface area contributed by atoms with Gasteiger partial charge in [-0.1, -0.05) is 40.9 Å². The van der Waals surface area contributed by atoms with Gasteiger partial charge in [-0.15, -0.1) is 0 Å². The summed E-state index contributed by atoms with van der Waals surface area (Å²) in [6, 6.07) is 7.22. The fraction of sp³-hybridized carbons (Fsp3) is 0.263. The van der Waals surface area contributed by atoms with Crippen LogP contribution in [0.3, 0.4) is 0 Å². The summed E-state index contributed by atoms with van der Waals surface area (Å²) in [6.07, 6.45) is 1.41. The lowest BCUT2D eigenvalue weighted by Crippen LogP contribution is -2.25. The number of benzene rings is 2. The van der Waals surface area contributed by atoms with Crippen LogP contribution in [-0.2, 0) is 4.79 Å². The van der Waals surface area contributed by atoms with Crippen molar-refractivity contribution in [3.63, 3.8) is 0 Å². The fourth-order valence-electron chi connectivity index (χ4n) is 2.63. The molecule has 2 aromatic rings. The first-order chi connectivity index (χ1) is 12.3. The first-order valence-corrected chi connectivity index (χ1v) is 8.63. The Labute approximate surface area is 162 Å². The molecule has 0 unspecified atom stereocenters. The second-order valence-electron chi connectivity index (χ2n) is 5.82. The number of ether oxygens (including phenoxy) is 2. The third-order valence-electron chi connectivity index (χ3n) is 3.59. The zero-order valence-corrected chi connectivity index (χ0v) is 16.5. The number of nitrogens with zero attached hydrogens (tertiary/aromatic N) is 1. The molecule has 1 N–H and O–H groups in total. The van der Waals surface area contributed by atoms with Crippen molar-refractivity contribution in [2.45, 2.75) is 20.8 Å². The van der Waals surface area contributed by atoms with E-state index in [2.05, 4.69) is 10.5 Å². The van der Waals surface area contributed by atoms with Gasteiger partial charge >= 0.3 is 0 Å². The van der Waals surface area contributed by atoms with Crippen LogP contribution in [0.2, 0.25) is 10.0 Å². The number of hydrazone groups is 1. The summed E-state index contributed by atoms with van der Waals surface area (Å²) >= 11 is 12.0. The van der Waals surface area contributed by atoms with Crippen LogP contribution in [0, 0.1) is 20.8 Å². The number of aryl methyl sites for hydroxylation is 3. The molecule has 2 aromatic carbocycles. The minimum atomic E-state index is -0.382. The van der Waals surface area contributed by atoms with Crippen molar-refractivity contribution >= 4 is 35.3 Å². The standard InChI is InChI=1S/C19H20Cl2N2O3/c1-11-5-12(2)18(13(3)6-11)26-10-17(24)23-22-9-14-7-15(20)8-16(21)19(14)25-4/h5-9H,10H2,1-4H3,(H,23,24)/b22-9-. The van der Waals surface area contributed by atoms with Gasteiger partial charge in [0.1, 0.15) is 11.5 Å². The summed E-state index contributed by atoms with van der Waals surface area (Å²) in [7, 11) is 1.49. The molecule has 26 heavy (non-hydrogen) atoms. The van der Waals surface area contributed by atoms with E-state index in [4.69, 9.17) is 32.7 Å². The van der Waals surface area contributed by atoms with E-state index in [9.17, 15) is 4.79 Å². The summed E-state index contributed by atoms with van der Waals surface area (Å²) in [5, 5.41) is 4.71. The van der Waals surface area contributed by atoms with Gasteiger partial charge in [0.05, 0.1) is 18.3 Å². The van der Waals surface area contributed by atoms with Gasteiger partial charge < -0.3 is 9.47 Å². The lowest BCUT2D eigenvalue weighted by molar-refractivity contribution is -0.123. The maximum absolute atomic E-state index is 12.0. The monoisotopic (exact) mass is 394 g/mol. The van der Waals surface area contributed by atoms with Crippen molar-refractivity contribution in [1.29, 1.82) is 0 Å². The first-order valence-electron chi connectivity index (χ1n) is 7.87. The van der Waals surface area contributed by atoms with E-state index in [0.29, 0.717) is 27.1 Å². The smallest absolute Gasteiger partial charge is 0.277 e. The molecule has 0 radical (unpaired) electrons. The van der Waals surface area contributed by atoms with Gasteiger partial charge in [0.25, 0.3) is 5.91 Å². The van der Waals surface area contributed by atoms with E-state index in [-0.39, 0.29) is 12.5 Å². The molecule has 1 amide bonds. The summed E-state index contributed by atoms with van der Waals surface area (Å²) in [6.45, 7) is 5.76. The molecular formula is C19H20Cl2N2O3. The van der Waals surface area contributed by atoms with Gasteiger partial charge in [-0.3, -0.25) is 4.79 Å². The quantitative estimate of drug-likeness (QED) is 0.581. The topological polar surface area (TPSA) is 59.9 Å². The number of carbonyl (C=O) groups excluding carboxylic acids is 1. The van der Waals surface area contributed by atoms with Crippen LogP contribution < -0.4 is 14.9 Å². The predicted molar refractivity (Wildman–Crippen MR) is 105 cm³/mol. The molecule has 0 fully saturated rings. The molecule has 0 atom stereocenters. The SMILES string of the molecule is COc1c(Cl)cc(Cl)cc1/C=N\NC(=O)COc1c(C)cc(C)cc1C. The molecule has 0 saturated heterocycles. The van der Waals surface area contributed by atoms with Gasteiger partial charge in [-0.2, -0.15) is 5.10 Å². The highest BCUT2D eigenvalue weighted by Gasteiger charge is 2.10. The van der Waals surface area contributed by atoms with Crippen molar-refractivity contribution in [3.8, 4) is 11.5 Å². The Bertz CT molecular complexity index is 828. The van der Waals surface area contributed by atoms with Crippen LogP contribution in [0.25, 0.3) is 0 Å². The van der Waals surface area contributed by atoms with Gasteiger partial charge in [-0.05, 0) is 44.0 Å². The van der Waals surface area contributed by atoms with E-state index in [1.54, 1.807) is 12.1 Å². The lowest BCUT2D eigenvalue weighted by atomic mass is 10.1. The highest BCUT2D eigenvalue weighted by molar-refractivity contribution is 6.36. The van der Waals surface area contributed by atoms with Crippen LogP contribution in [0.15, 0.2) is 29.4 Å². The Morgan fingerprint density at radius 2 is 1.77 bits per heavy atom. The Balaban J connectivity index is 1.99. The van der Waals surface area contributed by atoms with Crippen molar-refractivity contribution in [2.75, 3.05) is 13.7 Å². The number of methoxy groups -OCH3 is 1. The van der Waals surface area contributed by atoms with Crippen LogP contribution in [0.5, 0.6) is 11.5 Å². The van der Waals surface area contributed by atoms with Crippen LogP contribution >= 0.6 is 23.2 Å². The van der Waals surface area contributed by atoms with E-state index in [0.717, 1.165) is 16.7 Å². The molecule has 138 valence electrons. The van der Waals surface area contributed by atoms with Crippen LogP contribution in [-0.4, -0.2) is 25.8 Å². The second-order valence-corrected chi connectivity index (χ2v) is 6.66. The maximum Gasteiger partial charge on any atom is 0.277 e. The molecule has 0 spiro atoms. The van der Waals surface area contributed by atoms with Crippen LogP contribution in [0.1, 0.15) is 22.3 Å². The zero-order chi connectivity index (χ0) is 19.3. The number of halogens is 2. The molecule has 2 rings (SSSR count). The number of hydrogen-bond acceptors (Lipinski definition) is 4. The van der Waals surface area contributed by atoms with E-state index in [1.807, 2.05) is 32.9 Å². The molecule has 7 heteroatoms. The Kier molecular flexibility index (Phi) is 6.89. The normalized spacial score (nSPS) is 10.8. The Morgan fingerprint density at radius 3 is 2.38 bits per heavy atom. The van der Waals surface area contributed by atoms with E-state index >= 15 is 0 Å². The number of hydrogen-bond donors (Lipinski definition) is 1. The van der Waals surface area contributed by atoms with Crippen LogP contribution in [0.4, 0.5) is 0 Å². The molecule has 0 saturated carbocycles. The number of carbonyl (C=O) groups is 1. The molecule has 0 aliphatic heterocycles. The van der Waals surface area contributed by atoms with Crippen molar-refractivity contribution < 1.29 is 14.3 Å². The molecule has 0 aliphatic carbocycles. The highest BCUT2D eigenvalue weighted by Crippen LogP contribution is 2.31. The Hall–Kier alpha value is -2.24. The van der Waals surface area contributed by atoms with Crippen molar-refractivity contribution in [1.82, 2.24) is 5.43 Å². The summed E-state index contributed by atoms with van der Waals surface area (Å²) in [5.41, 5.74) is 6.07. The summed E-state index contributed by atoms with van der Waals surface area (Å²) in [5.74, 6) is 0.752. The number of amides is 1. The van der Waals surface area contributed by atoms with Gasteiger partial charge in [0.2, 0.25) is 0 Å². The fourth-order valence-corrected chi connectivity index (χ4v) is 3.22. The molecule has 0 heterocycles. The average Bonchev–Trinajstić information content (AvgIpc) is 2.53. The lowest BCUT2D eigenvalue weighted by Gasteiger charge is -2.12. The van der Waals surface area contributed by atoms with Crippen molar-refractivity contribution in [3.05, 3.63) is 56.6 Å². The third kappa shape index (κ3) is 5.13. The number of rotatable bonds is 6. The Morgan fingerprint density at radius 1 is 1.12 bits per heavy atom. The zero-order valence-electron chi connectivity index (χ0n) is 15.0. The molecular weight excluding hydrogens is 375 g/mol. The molecule has 0 aromatic heterocycles. The average molecular weight is 395 g/mol. The van der Waals surface area contributed by atoms with E-state index < -0.39 is 0 Å². The largest absolute Gasteiger partial charge is 0.495 e. The van der Waals surface area contributed by atoms with E-state index in [1.165, 1.54) is 13.3 Å². The molecule has 0 aliphatic rings. The number of nitrogens with one attached hydrogen (secondary N) is 1. The third-order valence-corrected chi connectivity index (χ3v) is 4.09. The maximum atomic E-state index is 12.0. The van der Waals surface area contributed by atoms with Gasteiger partial charge in [-0.25, -0.2) is 5.43 Å². The second kappa shape index (κ2) is 8.92. The first kappa shape index (κ1) is 20.1. The van der Waals surface area contributed by atoms with Gasteiger partial charge in [0.15, 0.2) is 6.61 Å². The minimum absolute atomic E-state index is 0.143. The highest BCUT2D eigenvalue weighted by atomic mass is 35.5. The van der Waals surface area contributed by atoms with Gasteiger partial charge in [0, 0.05) is 10.6 Å². The molecule has 5 nitrogen and oxygen atoms in total. The summed E-state index contributed by atoms with van der Waals surface area (Å²) < 4.78 is 10.8. The minimum Gasteiger partial charge on any atom is -0.495 e.